The molecule has 1 aliphatic heterocycles. The maximum atomic E-state index is 11.3. The van der Waals surface area contributed by atoms with Crippen molar-refractivity contribution in [3.8, 4) is 11.4 Å². The zero-order valence-corrected chi connectivity index (χ0v) is 13.6. The Bertz CT molecular complexity index is 716. The van der Waals surface area contributed by atoms with Crippen LogP contribution >= 0.6 is 0 Å². The summed E-state index contributed by atoms with van der Waals surface area (Å²) in [7, 11) is 0. The Hall–Kier alpha value is -2.21. The molecule has 0 spiro atoms. The van der Waals surface area contributed by atoms with Crippen molar-refractivity contribution in [1.82, 2.24) is 20.1 Å². The minimum absolute atomic E-state index is 0.381. The Morgan fingerprint density at radius 1 is 1.25 bits per heavy atom. The van der Waals surface area contributed by atoms with Crippen LogP contribution in [0.1, 0.15) is 37.4 Å². The number of benzene rings is 1. The summed E-state index contributed by atoms with van der Waals surface area (Å²) >= 11 is 0. The number of aliphatic carboxylic acids is 1. The number of hydrogen-bond donors (Lipinski definition) is 2. The van der Waals surface area contributed by atoms with Crippen molar-refractivity contribution in [3.63, 3.8) is 0 Å². The summed E-state index contributed by atoms with van der Waals surface area (Å²) in [5, 5.41) is 16.8. The quantitative estimate of drug-likeness (QED) is 0.882. The van der Waals surface area contributed by atoms with Gasteiger partial charge < -0.3 is 10.0 Å². The van der Waals surface area contributed by atoms with E-state index in [-0.39, 0.29) is 0 Å². The van der Waals surface area contributed by atoms with Gasteiger partial charge in [-0.1, -0.05) is 30.3 Å². The molecule has 1 aromatic heterocycles. The van der Waals surface area contributed by atoms with Gasteiger partial charge in [-0.05, 0) is 38.8 Å². The van der Waals surface area contributed by atoms with Crippen molar-refractivity contribution in [2.45, 2.75) is 31.6 Å². The summed E-state index contributed by atoms with van der Waals surface area (Å²) in [5.74, 6) is 1.45. The molecule has 0 unspecified atom stereocenters. The van der Waals surface area contributed by atoms with Crippen LogP contribution in [0.25, 0.3) is 11.4 Å². The van der Waals surface area contributed by atoms with E-state index in [1.807, 2.05) is 30.3 Å². The number of aromatic amines is 1. The molecule has 2 aromatic rings. The zero-order chi connectivity index (χ0) is 16.6. The molecule has 0 radical (unpaired) electrons. The number of carbonyl (C=O) groups is 1. The van der Waals surface area contributed by atoms with Crippen LogP contribution in [0.15, 0.2) is 30.3 Å². The largest absolute Gasteiger partial charge is 0.481 e. The molecule has 6 nitrogen and oxygen atoms in total. The predicted octanol–water partition coefficient (Wildman–Crippen LogP) is 2.52. The Kier molecular flexibility index (Phi) is 3.84. The third kappa shape index (κ3) is 2.94. The number of nitrogens with one attached hydrogen (secondary N) is 1. The molecular formula is C18H22N4O2. The van der Waals surface area contributed by atoms with Gasteiger partial charge >= 0.3 is 5.97 Å². The summed E-state index contributed by atoms with van der Waals surface area (Å²) in [6.07, 6.45) is 3.65. The van der Waals surface area contributed by atoms with Crippen molar-refractivity contribution >= 4 is 5.97 Å². The first kappa shape index (κ1) is 15.3. The number of carboxylic acid groups (broad SMARTS) is 1. The van der Waals surface area contributed by atoms with E-state index in [0.717, 1.165) is 56.0 Å². The molecule has 24 heavy (non-hydrogen) atoms. The molecule has 6 heteroatoms. The molecule has 1 saturated heterocycles. The van der Waals surface area contributed by atoms with Crippen LogP contribution in [0.4, 0.5) is 0 Å². The van der Waals surface area contributed by atoms with Crippen LogP contribution in [0.2, 0.25) is 0 Å². The van der Waals surface area contributed by atoms with Crippen molar-refractivity contribution in [1.29, 1.82) is 0 Å². The Morgan fingerprint density at radius 2 is 1.96 bits per heavy atom. The molecule has 2 fully saturated rings. The lowest BCUT2D eigenvalue weighted by molar-refractivity contribution is -0.144. The summed E-state index contributed by atoms with van der Waals surface area (Å²) in [4.78, 5) is 18.3. The number of aromatic nitrogens is 3. The fourth-order valence-corrected chi connectivity index (χ4v) is 3.56. The maximum Gasteiger partial charge on any atom is 0.310 e. The summed E-state index contributed by atoms with van der Waals surface area (Å²) < 4.78 is 0. The van der Waals surface area contributed by atoms with E-state index in [9.17, 15) is 9.90 Å². The number of nitrogens with zero attached hydrogens (tertiary/aromatic N) is 3. The minimum atomic E-state index is -0.632. The first-order chi connectivity index (χ1) is 11.7. The van der Waals surface area contributed by atoms with Gasteiger partial charge in [-0.3, -0.25) is 9.89 Å². The second kappa shape index (κ2) is 6.02. The van der Waals surface area contributed by atoms with Gasteiger partial charge in [0.1, 0.15) is 5.82 Å². The zero-order valence-electron chi connectivity index (χ0n) is 13.6. The summed E-state index contributed by atoms with van der Waals surface area (Å²) in [5.41, 5.74) is 0.564. The molecule has 2 aliphatic rings. The van der Waals surface area contributed by atoms with E-state index in [0.29, 0.717) is 12.5 Å². The van der Waals surface area contributed by atoms with Crippen LogP contribution in [0.5, 0.6) is 0 Å². The number of carboxylic acids is 1. The van der Waals surface area contributed by atoms with Crippen LogP contribution in [0, 0.1) is 5.41 Å². The van der Waals surface area contributed by atoms with Gasteiger partial charge in [0.25, 0.3) is 0 Å². The fourth-order valence-electron chi connectivity index (χ4n) is 3.56. The van der Waals surface area contributed by atoms with E-state index in [4.69, 9.17) is 0 Å². The SMILES string of the molecule is O=C(O)C1(CN2CCC(c3nc(-c4ccccc4)n[nH]3)CC2)CC1. The molecule has 4 rings (SSSR count). The van der Waals surface area contributed by atoms with Gasteiger partial charge in [0.15, 0.2) is 5.82 Å². The van der Waals surface area contributed by atoms with Gasteiger partial charge in [0.2, 0.25) is 0 Å². The number of likely N-dealkylation sites (tertiary alicyclic amines) is 1. The van der Waals surface area contributed by atoms with E-state index >= 15 is 0 Å². The van der Waals surface area contributed by atoms with Crippen LogP contribution in [0.3, 0.4) is 0 Å². The molecule has 2 heterocycles. The molecule has 0 atom stereocenters. The van der Waals surface area contributed by atoms with Gasteiger partial charge in [-0.2, -0.15) is 5.10 Å². The maximum absolute atomic E-state index is 11.3. The number of H-pyrrole nitrogens is 1. The summed E-state index contributed by atoms with van der Waals surface area (Å²) in [6, 6.07) is 9.98. The third-order valence-corrected chi connectivity index (χ3v) is 5.34. The fraction of sp³-hybridized carbons (Fsp3) is 0.500. The standard InChI is InChI=1S/C18H22N4O2/c23-17(24)18(8-9-18)12-22-10-6-14(7-11-22)16-19-15(20-21-16)13-4-2-1-3-5-13/h1-5,14H,6-12H2,(H,23,24)(H,19,20,21). The Labute approximate surface area is 140 Å². The molecule has 1 saturated carbocycles. The average Bonchev–Trinajstić information content (AvgIpc) is 3.23. The van der Waals surface area contributed by atoms with Crippen LogP contribution < -0.4 is 0 Å². The van der Waals surface area contributed by atoms with E-state index in [2.05, 4.69) is 20.1 Å². The molecule has 1 aliphatic carbocycles. The summed E-state index contributed by atoms with van der Waals surface area (Å²) in [6.45, 7) is 2.56. The first-order valence-electron chi connectivity index (χ1n) is 8.60. The van der Waals surface area contributed by atoms with Crippen molar-refractivity contribution in [2.75, 3.05) is 19.6 Å². The van der Waals surface area contributed by atoms with Crippen molar-refractivity contribution in [3.05, 3.63) is 36.2 Å². The lowest BCUT2D eigenvalue weighted by Gasteiger charge is -2.32. The Morgan fingerprint density at radius 3 is 2.58 bits per heavy atom. The molecule has 1 aromatic carbocycles. The van der Waals surface area contributed by atoms with Gasteiger partial charge in [-0.25, -0.2) is 4.98 Å². The topological polar surface area (TPSA) is 82.1 Å². The second-order valence-corrected chi connectivity index (χ2v) is 7.05. The van der Waals surface area contributed by atoms with Crippen molar-refractivity contribution in [2.24, 2.45) is 5.41 Å². The molecule has 2 N–H and O–H groups in total. The monoisotopic (exact) mass is 326 g/mol. The van der Waals surface area contributed by atoms with Gasteiger partial charge in [0, 0.05) is 18.0 Å². The normalized spacial score (nSPS) is 20.8. The molecular weight excluding hydrogens is 304 g/mol. The number of hydrogen-bond acceptors (Lipinski definition) is 4. The highest BCUT2D eigenvalue weighted by Crippen LogP contribution is 2.47. The number of piperidine rings is 1. The van der Waals surface area contributed by atoms with Crippen molar-refractivity contribution < 1.29 is 9.90 Å². The highest BCUT2D eigenvalue weighted by molar-refractivity contribution is 5.78. The highest BCUT2D eigenvalue weighted by atomic mass is 16.4. The lowest BCUT2D eigenvalue weighted by atomic mass is 9.95. The van der Waals surface area contributed by atoms with Crippen LogP contribution in [-0.4, -0.2) is 50.8 Å². The van der Waals surface area contributed by atoms with E-state index in [1.165, 1.54) is 0 Å². The first-order valence-corrected chi connectivity index (χ1v) is 8.60. The molecule has 126 valence electrons. The predicted molar refractivity (Wildman–Crippen MR) is 89.5 cm³/mol. The molecule has 0 amide bonds. The number of rotatable bonds is 5. The Balaban J connectivity index is 1.36. The minimum Gasteiger partial charge on any atom is -0.481 e. The highest BCUT2D eigenvalue weighted by Gasteiger charge is 2.51. The smallest absolute Gasteiger partial charge is 0.310 e. The lowest BCUT2D eigenvalue weighted by Crippen LogP contribution is -2.39. The molecule has 0 bridgehead atoms. The van der Waals surface area contributed by atoms with Crippen LogP contribution in [-0.2, 0) is 4.79 Å². The van der Waals surface area contributed by atoms with E-state index in [1.54, 1.807) is 0 Å². The second-order valence-electron chi connectivity index (χ2n) is 7.05. The van der Waals surface area contributed by atoms with Gasteiger partial charge in [-0.15, -0.1) is 0 Å². The van der Waals surface area contributed by atoms with E-state index < -0.39 is 11.4 Å². The average molecular weight is 326 g/mol. The third-order valence-electron chi connectivity index (χ3n) is 5.34. The van der Waals surface area contributed by atoms with Gasteiger partial charge in [0.05, 0.1) is 5.41 Å².